The quantitative estimate of drug-likeness (QED) is 0.278. The lowest BCUT2D eigenvalue weighted by molar-refractivity contribution is -0.0300. The van der Waals surface area contributed by atoms with E-state index in [9.17, 15) is 0 Å². The Morgan fingerprint density at radius 3 is 1.67 bits per heavy atom. The molecule has 0 aromatic carbocycles. The van der Waals surface area contributed by atoms with Gasteiger partial charge in [-0.25, -0.2) is 0 Å². The van der Waals surface area contributed by atoms with Gasteiger partial charge >= 0.3 is 0 Å². The van der Waals surface area contributed by atoms with Crippen molar-refractivity contribution in [1.29, 1.82) is 0 Å². The average molecular weight is 280 g/mol. The minimum absolute atomic E-state index is 0.156. The molecule has 0 aromatic rings. The molecule has 0 atom stereocenters. The average Bonchev–Trinajstić information content (AvgIpc) is 2.38. The smallest absolute Gasteiger partial charge is 0.146 e. The lowest BCUT2D eigenvalue weighted by Crippen LogP contribution is -2.04. The second-order valence-electron chi connectivity index (χ2n) is 4.18. The van der Waals surface area contributed by atoms with Crippen LogP contribution in [0.5, 0.6) is 0 Å². The largest absolute Gasteiger partial charge is 0.359 e. The first-order valence-electron chi connectivity index (χ1n) is 6.70. The van der Waals surface area contributed by atoms with E-state index in [0.717, 1.165) is 26.1 Å². The van der Waals surface area contributed by atoms with E-state index in [4.69, 9.17) is 18.9 Å². The van der Waals surface area contributed by atoms with Gasteiger partial charge in [-0.3, -0.25) is 0 Å². The fourth-order valence-corrected chi connectivity index (χ4v) is 4.17. The van der Waals surface area contributed by atoms with Gasteiger partial charge in [-0.1, -0.05) is 13.3 Å². The van der Waals surface area contributed by atoms with Crippen LogP contribution >= 0.6 is 7.92 Å². The van der Waals surface area contributed by atoms with E-state index in [-0.39, 0.29) is 7.92 Å². The van der Waals surface area contributed by atoms with Crippen molar-refractivity contribution >= 4 is 7.92 Å². The third kappa shape index (κ3) is 12.7. The van der Waals surface area contributed by atoms with Crippen LogP contribution in [0.25, 0.3) is 0 Å². The normalized spacial score (nSPS) is 11.3. The summed E-state index contributed by atoms with van der Waals surface area (Å²) in [6, 6.07) is 0. The van der Waals surface area contributed by atoms with Crippen LogP contribution in [0.4, 0.5) is 0 Å². The van der Waals surface area contributed by atoms with Crippen LogP contribution in [0.1, 0.15) is 26.2 Å². The van der Waals surface area contributed by atoms with Gasteiger partial charge in [0.2, 0.25) is 0 Å². The summed E-state index contributed by atoms with van der Waals surface area (Å²) in [5.41, 5.74) is 0. The fraction of sp³-hybridized carbons (Fsp3) is 1.00. The molecule has 0 aliphatic rings. The third-order valence-corrected chi connectivity index (χ3v) is 5.45. The maximum absolute atomic E-state index is 5.32. The van der Waals surface area contributed by atoms with E-state index in [1.165, 1.54) is 24.9 Å². The van der Waals surface area contributed by atoms with Crippen LogP contribution in [0, 0.1) is 0 Å². The van der Waals surface area contributed by atoms with Gasteiger partial charge in [-0.2, -0.15) is 0 Å². The minimum atomic E-state index is 0.156. The fourth-order valence-electron chi connectivity index (χ4n) is 1.72. The molecule has 0 heterocycles. The minimum Gasteiger partial charge on any atom is -0.359 e. The molecule has 18 heavy (non-hydrogen) atoms. The Labute approximate surface area is 113 Å². The van der Waals surface area contributed by atoms with Crippen LogP contribution in [0.15, 0.2) is 0 Å². The van der Waals surface area contributed by atoms with Crippen molar-refractivity contribution in [1.82, 2.24) is 0 Å². The molecule has 0 rings (SSSR count). The molecule has 0 aliphatic carbocycles. The summed E-state index contributed by atoms with van der Waals surface area (Å²) in [6.45, 7) is 4.72. The van der Waals surface area contributed by atoms with Gasteiger partial charge in [0.1, 0.15) is 13.6 Å². The summed E-state index contributed by atoms with van der Waals surface area (Å²) in [4.78, 5) is 0. The molecular formula is C13H29O4P. The maximum Gasteiger partial charge on any atom is 0.146 e. The van der Waals surface area contributed by atoms with E-state index in [1.807, 2.05) is 0 Å². The van der Waals surface area contributed by atoms with Crippen LogP contribution in [0.2, 0.25) is 0 Å². The van der Waals surface area contributed by atoms with Crippen LogP contribution in [-0.2, 0) is 18.9 Å². The van der Waals surface area contributed by atoms with E-state index in [2.05, 4.69) is 6.92 Å². The molecule has 0 unspecified atom stereocenters. The Bertz CT molecular complexity index is 144. The monoisotopic (exact) mass is 280 g/mol. The highest BCUT2D eigenvalue weighted by Gasteiger charge is 2.06. The van der Waals surface area contributed by atoms with Crippen molar-refractivity contribution in [3.63, 3.8) is 0 Å². The van der Waals surface area contributed by atoms with Crippen molar-refractivity contribution < 1.29 is 18.9 Å². The predicted octanol–water partition coefficient (Wildman–Crippen LogP) is 2.90. The summed E-state index contributed by atoms with van der Waals surface area (Å²) >= 11 is 0. The molecule has 0 saturated heterocycles. The highest BCUT2D eigenvalue weighted by molar-refractivity contribution is 7.57. The number of hydrogen-bond acceptors (Lipinski definition) is 4. The van der Waals surface area contributed by atoms with Gasteiger partial charge in [0.25, 0.3) is 0 Å². The van der Waals surface area contributed by atoms with Gasteiger partial charge < -0.3 is 18.9 Å². The molecular weight excluding hydrogens is 251 g/mol. The standard InChI is InChI=1S/C13H29O4P/c1-4-9-18(10-5-7-16-12-14-2)11-6-8-17-13-15-3/h4-13H2,1-3H3. The molecule has 0 aromatic heterocycles. The summed E-state index contributed by atoms with van der Waals surface area (Å²) in [6.07, 6.45) is 7.55. The third-order valence-electron chi connectivity index (χ3n) is 2.47. The zero-order chi connectivity index (χ0) is 13.5. The zero-order valence-electron chi connectivity index (χ0n) is 12.2. The topological polar surface area (TPSA) is 36.9 Å². The lowest BCUT2D eigenvalue weighted by Gasteiger charge is -2.17. The molecule has 0 N–H and O–H groups in total. The maximum atomic E-state index is 5.32. The summed E-state index contributed by atoms with van der Waals surface area (Å²) < 4.78 is 20.3. The summed E-state index contributed by atoms with van der Waals surface area (Å²) in [5, 5.41) is 0. The molecule has 110 valence electrons. The van der Waals surface area contributed by atoms with Crippen molar-refractivity contribution in [3.05, 3.63) is 0 Å². The molecule has 0 radical (unpaired) electrons. The molecule has 0 aliphatic heterocycles. The first-order chi connectivity index (χ1) is 8.85. The zero-order valence-corrected chi connectivity index (χ0v) is 13.0. The predicted molar refractivity (Wildman–Crippen MR) is 76.7 cm³/mol. The van der Waals surface area contributed by atoms with Gasteiger partial charge in [-0.05, 0) is 31.3 Å². The Hall–Kier alpha value is 0.270. The molecule has 0 fully saturated rings. The van der Waals surface area contributed by atoms with Gasteiger partial charge in [0, 0.05) is 27.4 Å². The summed E-state index contributed by atoms with van der Waals surface area (Å²) in [7, 11) is 3.47. The lowest BCUT2D eigenvalue weighted by atomic mass is 10.5. The molecule has 0 bridgehead atoms. The Balaban J connectivity index is 3.45. The van der Waals surface area contributed by atoms with Gasteiger partial charge in [-0.15, -0.1) is 7.92 Å². The SMILES string of the molecule is CCCP(CCCOCOC)CCCOCOC. The number of hydrogen-bond donors (Lipinski definition) is 0. The van der Waals surface area contributed by atoms with E-state index >= 15 is 0 Å². The first kappa shape index (κ1) is 18.3. The van der Waals surface area contributed by atoms with E-state index in [1.54, 1.807) is 14.2 Å². The number of rotatable bonds is 14. The van der Waals surface area contributed by atoms with Crippen molar-refractivity contribution in [3.8, 4) is 0 Å². The molecule has 5 heteroatoms. The van der Waals surface area contributed by atoms with Crippen LogP contribution in [0.3, 0.4) is 0 Å². The second-order valence-corrected chi connectivity index (χ2v) is 6.86. The first-order valence-corrected chi connectivity index (χ1v) is 8.60. The number of ether oxygens (including phenoxy) is 4. The van der Waals surface area contributed by atoms with Crippen LogP contribution in [-0.4, -0.2) is 59.5 Å². The van der Waals surface area contributed by atoms with Gasteiger partial charge in [0.15, 0.2) is 0 Å². The Morgan fingerprint density at radius 2 is 1.28 bits per heavy atom. The summed E-state index contributed by atoms with van der Waals surface area (Å²) in [5.74, 6) is 0. The Morgan fingerprint density at radius 1 is 0.778 bits per heavy atom. The van der Waals surface area contributed by atoms with E-state index in [0.29, 0.717) is 13.6 Å². The highest BCUT2D eigenvalue weighted by atomic mass is 31.1. The second kappa shape index (κ2) is 15.3. The van der Waals surface area contributed by atoms with E-state index < -0.39 is 0 Å². The molecule has 0 spiro atoms. The van der Waals surface area contributed by atoms with Crippen molar-refractivity contribution in [2.45, 2.75) is 26.2 Å². The van der Waals surface area contributed by atoms with Crippen LogP contribution < -0.4 is 0 Å². The Kier molecular flexibility index (Phi) is 15.6. The molecule has 0 saturated carbocycles. The molecule has 4 nitrogen and oxygen atoms in total. The number of methoxy groups -OCH3 is 2. The highest BCUT2D eigenvalue weighted by Crippen LogP contribution is 2.37. The van der Waals surface area contributed by atoms with Crippen molar-refractivity contribution in [2.24, 2.45) is 0 Å². The van der Waals surface area contributed by atoms with Gasteiger partial charge in [0.05, 0.1) is 0 Å². The van der Waals surface area contributed by atoms with Crippen molar-refractivity contribution in [2.75, 3.05) is 59.5 Å². The molecule has 0 amide bonds.